The maximum atomic E-state index is 2.58. The van der Waals surface area contributed by atoms with E-state index in [1.165, 1.54) is 22.3 Å². The Morgan fingerprint density at radius 1 is 0.893 bits per heavy atom. The summed E-state index contributed by atoms with van der Waals surface area (Å²) in [7, 11) is -1.16. The van der Waals surface area contributed by atoms with E-state index in [4.69, 9.17) is 0 Å². The largest absolute Gasteiger partial charge is 0.0872 e. The van der Waals surface area contributed by atoms with Crippen LogP contribution in [0.5, 0.6) is 0 Å². The molecular weight excluding hydrogens is 352 g/mol. The average Bonchev–Trinajstić information content (AvgIpc) is 2.95. The van der Waals surface area contributed by atoms with Gasteiger partial charge < -0.3 is 0 Å². The first-order valence-corrected chi connectivity index (χ1v) is 14.1. The number of rotatable bonds is 3. The van der Waals surface area contributed by atoms with E-state index in [1.807, 2.05) is 0 Å². The maximum Gasteiger partial charge on any atom is 0.0872 e. The highest BCUT2D eigenvalue weighted by Gasteiger charge is 2.58. The summed E-state index contributed by atoms with van der Waals surface area (Å²) in [5, 5.41) is 1.77. The molecule has 0 spiro atoms. The van der Waals surface area contributed by atoms with Crippen LogP contribution in [-0.4, -0.2) is 8.07 Å². The fourth-order valence-corrected chi connectivity index (χ4v) is 9.06. The average molecular weight is 389 g/mol. The molecule has 1 aliphatic carbocycles. The number of hydrogen-bond donors (Lipinski definition) is 0. The van der Waals surface area contributed by atoms with Gasteiger partial charge in [-0.2, -0.15) is 0 Å². The normalized spacial score (nSPS) is 19.7. The van der Waals surface area contributed by atoms with Crippen LogP contribution in [0.15, 0.2) is 35.5 Å². The lowest BCUT2D eigenvalue weighted by Gasteiger charge is -2.26. The Morgan fingerprint density at radius 2 is 1.50 bits per heavy atom. The molecule has 1 unspecified atom stereocenters. The Bertz CT molecular complexity index is 963. The summed E-state index contributed by atoms with van der Waals surface area (Å²) in [6.45, 7) is 21.4. The van der Waals surface area contributed by atoms with Crippen LogP contribution in [-0.2, 0) is 5.41 Å². The zero-order valence-corrected chi connectivity index (χ0v) is 20.2. The van der Waals surface area contributed by atoms with E-state index >= 15 is 0 Å². The summed E-state index contributed by atoms with van der Waals surface area (Å²) in [5.41, 5.74) is 11.6. The van der Waals surface area contributed by atoms with Gasteiger partial charge in [0.2, 0.25) is 0 Å². The summed E-state index contributed by atoms with van der Waals surface area (Å²) < 4.78 is 0. The van der Waals surface area contributed by atoms with Gasteiger partial charge in [0.15, 0.2) is 0 Å². The van der Waals surface area contributed by atoms with E-state index in [0.717, 1.165) is 5.54 Å². The van der Waals surface area contributed by atoms with E-state index in [9.17, 15) is 0 Å². The van der Waals surface area contributed by atoms with Crippen LogP contribution in [0.4, 0.5) is 0 Å². The monoisotopic (exact) mass is 388 g/mol. The van der Waals surface area contributed by atoms with Gasteiger partial charge in [-0.15, -0.1) is 0 Å². The Balaban J connectivity index is 1.97. The van der Waals surface area contributed by atoms with Crippen molar-refractivity contribution in [2.75, 3.05) is 0 Å². The number of benzene rings is 2. The van der Waals surface area contributed by atoms with Gasteiger partial charge in [0.25, 0.3) is 0 Å². The van der Waals surface area contributed by atoms with Crippen LogP contribution in [0, 0.1) is 0 Å². The van der Waals surface area contributed by atoms with Crippen molar-refractivity contribution in [3.8, 4) is 11.1 Å². The summed E-state index contributed by atoms with van der Waals surface area (Å²) >= 11 is 0. The molecule has 2 aliphatic rings. The molecular formula is C27H36Si. The van der Waals surface area contributed by atoms with Gasteiger partial charge in [-0.25, -0.2) is 0 Å². The molecule has 0 saturated carbocycles. The minimum absolute atomic E-state index is 0.195. The third-order valence-electron chi connectivity index (χ3n) is 7.01. The van der Waals surface area contributed by atoms with Crippen molar-refractivity contribution in [2.24, 2.45) is 0 Å². The van der Waals surface area contributed by atoms with Gasteiger partial charge >= 0.3 is 0 Å². The molecule has 1 saturated heterocycles. The number of fused-ring (bicyclic) bond motifs is 3. The third kappa shape index (κ3) is 2.85. The molecule has 0 nitrogen and oxygen atoms in total. The minimum Gasteiger partial charge on any atom is -0.0742 e. The molecule has 28 heavy (non-hydrogen) atoms. The Morgan fingerprint density at radius 3 is 2.00 bits per heavy atom. The van der Waals surface area contributed by atoms with E-state index in [2.05, 4.69) is 98.0 Å². The van der Waals surface area contributed by atoms with E-state index < -0.39 is 8.07 Å². The number of hydrogen-bond acceptors (Lipinski definition) is 0. The lowest BCUT2D eigenvalue weighted by Crippen LogP contribution is -2.12. The van der Waals surface area contributed by atoms with Crippen LogP contribution >= 0.6 is 0 Å². The summed E-state index contributed by atoms with van der Waals surface area (Å²) in [6, 6.07) is 12.0. The highest BCUT2D eigenvalue weighted by molar-refractivity contribution is 6.99. The third-order valence-corrected chi connectivity index (χ3v) is 10.7. The smallest absolute Gasteiger partial charge is 0.0742 e. The van der Waals surface area contributed by atoms with Crippen molar-refractivity contribution in [1.29, 1.82) is 0 Å². The second-order valence-electron chi connectivity index (χ2n) is 11.1. The molecule has 0 bridgehead atoms. The van der Waals surface area contributed by atoms with Gasteiger partial charge in [-0.1, -0.05) is 103 Å². The first-order chi connectivity index (χ1) is 12.9. The van der Waals surface area contributed by atoms with Crippen LogP contribution in [0.3, 0.4) is 0 Å². The second-order valence-corrected chi connectivity index (χ2v) is 15.7. The molecule has 0 aromatic heterocycles. The first kappa shape index (κ1) is 19.7. The Labute approximate surface area is 173 Å². The SMILES string of the molecule is CC(C)c1cc2c(c(-c3ccc(C(C)(C)C)cc3)c1C(C)C)C=C1C2[Si]1(C)C. The molecule has 1 heterocycles. The predicted octanol–water partition coefficient (Wildman–Crippen LogP) is 8.18. The zero-order chi connectivity index (χ0) is 20.6. The minimum atomic E-state index is -1.16. The standard InChI is InChI=1S/C27H36Si/c1-16(2)20-14-22-21(15-23-26(22)28(23,8)9)25(24(20)17(3)4)18-10-12-19(13-11-18)27(5,6)7/h10-17,26H,1-9H3. The number of allylic oxidation sites excluding steroid dienone is 1. The van der Waals surface area contributed by atoms with Crippen LogP contribution in [0.1, 0.15) is 93.7 Å². The van der Waals surface area contributed by atoms with Gasteiger partial charge in [-0.3, -0.25) is 0 Å². The van der Waals surface area contributed by atoms with Crippen molar-refractivity contribution < 1.29 is 0 Å². The first-order valence-electron chi connectivity index (χ1n) is 11.0. The van der Waals surface area contributed by atoms with Gasteiger partial charge in [0.1, 0.15) is 0 Å². The Kier molecular flexibility index (Phi) is 4.36. The molecule has 1 atom stereocenters. The maximum absolute atomic E-state index is 2.58. The van der Waals surface area contributed by atoms with E-state index in [0.29, 0.717) is 11.8 Å². The molecule has 2 aromatic carbocycles. The topological polar surface area (TPSA) is 0 Å². The van der Waals surface area contributed by atoms with E-state index in [1.54, 1.807) is 21.9 Å². The highest BCUT2D eigenvalue weighted by Crippen LogP contribution is 2.63. The van der Waals surface area contributed by atoms with Gasteiger partial charge in [0, 0.05) is 5.54 Å². The van der Waals surface area contributed by atoms with Crippen molar-refractivity contribution in [3.63, 3.8) is 0 Å². The molecule has 4 rings (SSSR count). The molecule has 148 valence electrons. The second kappa shape index (κ2) is 6.20. The van der Waals surface area contributed by atoms with Crippen LogP contribution in [0.2, 0.25) is 13.1 Å². The van der Waals surface area contributed by atoms with E-state index in [-0.39, 0.29) is 5.41 Å². The predicted molar refractivity (Wildman–Crippen MR) is 127 cm³/mol. The highest BCUT2D eigenvalue weighted by atomic mass is 28.3. The lowest BCUT2D eigenvalue weighted by atomic mass is 9.79. The summed E-state index contributed by atoms with van der Waals surface area (Å²) in [4.78, 5) is 0. The molecule has 1 heteroatoms. The molecule has 1 aliphatic heterocycles. The fourth-order valence-electron chi connectivity index (χ4n) is 5.26. The van der Waals surface area contributed by atoms with Crippen molar-refractivity contribution >= 4 is 14.1 Å². The fraction of sp³-hybridized carbons (Fsp3) is 0.481. The Hall–Kier alpha value is -1.60. The molecule has 0 N–H and O–H groups in total. The molecule has 0 radical (unpaired) electrons. The summed E-state index contributed by atoms with van der Waals surface area (Å²) in [6.07, 6.45) is 2.58. The molecule has 0 amide bonds. The van der Waals surface area contributed by atoms with Crippen LogP contribution in [0.25, 0.3) is 17.2 Å². The quantitative estimate of drug-likeness (QED) is 0.465. The van der Waals surface area contributed by atoms with Crippen molar-refractivity contribution in [3.05, 3.63) is 63.3 Å². The van der Waals surface area contributed by atoms with Crippen LogP contribution < -0.4 is 0 Å². The molecule has 1 fully saturated rings. The van der Waals surface area contributed by atoms with Crippen molar-refractivity contribution in [2.45, 2.75) is 84.4 Å². The molecule has 2 aromatic rings. The lowest BCUT2D eigenvalue weighted by molar-refractivity contribution is 0.590. The van der Waals surface area contributed by atoms with Gasteiger partial charge in [0.05, 0.1) is 8.07 Å². The zero-order valence-electron chi connectivity index (χ0n) is 19.2. The van der Waals surface area contributed by atoms with Gasteiger partial charge in [-0.05, 0) is 56.2 Å². The van der Waals surface area contributed by atoms with Crippen molar-refractivity contribution in [1.82, 2.24) is 0 Å². The summed E-state index contributed by atoms with van der Waals surface area (Å²) in [5.74, 6) is 1.09.